The van der Waals surface area contributed by atoms with Crippen LogP contribution >= 0.6 is 11.6 Å². The summed E-state index contributed by atoms with van der Waals surface area (Å²) in [4.78, 5) is 17.7. The summed E-state index contributed by atoms with van der Waals surface area (Å²) in [5.41, 5.74) is 2.03. The molecule has 1 fully saturated rings. The molecule has 0 spiro atoms. The predicted octanol–water partition coefficient (Wildman–Crippen LogP) is 4.56. The number of nitrogens with one attached hydrogen (secondary N) is 1. The Morgan fingerprint density at radius 3 is 2.78 bits per heavy atom. The van der Waals surface area contributed by atoms with Gasteiger partial charge in [-0.25, -0.2) is 8.42 Å². The van der Waals surface area contributed by atoms with Crippen molar-refractivity contribution in [1.82, 2.24) is 9.29 Å². The van der Waals surface area contributed by atoms with E-state index >= 15 is 0 Å². The molecule has 8 heteroatoms. The summed E-state index contributed by atoms with van der Waals surface area (Å²) in [5, 5.41) is 5.30. The van der Waals surface area contributed by atoms with Crippen molar-refractivity contribution in [3.05, 3.63) is 71.0 Å². The van der Waals surface area contributed by atoms with Gasteiger partial charge in [-0.3, -0.25) is 9.78 Å². The number of halogens is 1. The van der Waals surface area contributed by atoms with Crippen LogP contribution in [0.15, 0.2) is 54.9 Å². The minimum absolute atomic E-state index is 0.0930. The predicted molar refractivity (Wildman–Crippen MR) is 126 cm³/mol. The Balaban J connectivity index is 1.48. The van der Waals surface area contributed by atoms with Crippen molar-refractivity contribution in [2.45, 2.75) is 32.2 Å². The molecule has 0 saturated heterocycles. The Morgan fingerprint density at radius 2 is 2.00 bits per heavy atom. The molecule has 0 radical (unpaired) electrons. The molecule has 1 atom stereocenters. The minimum Gasteiger partial charge on any atom is -0.324 e. The van der Waals surface area contributed by atoms with Crippen LogP contribution in [0.4, 0.5) is 5.69 Å². The first-order chi connectivity index (χ1) is 15.2. The number of rotatable bonds is 5. The van der Waals surface area contributed by atoms with Crippen molar-refractivity contribution in [2.75, 3.05) is 17.6 Å². The van der Waals surface area contributed by atoms with Crippen LogP contribution in [0.3, 0.4) is 0 Å². The quantitative estimate of drug-likeness (QED) is 0.594. The highest BCUT2D eigenvalue weighted by molar-refractivity contribution is 7.89. The van der Waals surface area contributed by atoms with Gasteiger partial charge in [-0.2, -0.15) is 4.31 Å². The number of nitrogens with zero attached hydrogens (tertiary/aromatic N) is 2. The van der Waals surface area contributed by atoms with E-state index in [4.69, 9.17) is 11.6 Å². The number of hydrogen-bond donors (Lipinski definition) is 1. The Morgan fingerprint density at radius 1 is 1.22 bits per heavy atom. The largest absolute Gasteiger partial charge is 0.324 e. The zero-order valence-corrected chi connectivity index (χ0v) is 19.3. The lowest BCUT2D eigenvalue weighted by Gasteiger charge is -2.34. The normalized spacial score (nSPS) is 20.0. The van der Waals surface area contributed by atoms with E-state index in [1.54, 1.807) is 24.5 Å². The van der Waals surface area contributed by atoms with Crippen molar-refractivity contribution >= 4 is 44.0 Å². The molecule has 1 saturated carbocycles. The van der Waals surface area contributed by atoms with E-state index in [-0.39, 0.29) is 30.2 Å². The first-order valence-electron chi connectivity index (χ1n) is 10.6. The van der Waals surface area contributed by atoms with E-state index < -0.39 is 15.9 Å². The van der Waals surface area contributed by atoms with Gasteiger partial charge in [-0.05, 0) is 41.5 Å². The van der Waals surface area contributed by atoms with Gasteiger partial charge in [0.1, 0.15) is 0 Å². The summed E-state index contributed by atoms with van der Waals surface area (Å²) < 4.78 is 27.8. The summed E-state index contributed by atoms with van der Waals surface area (Å²) in [6.45, 7) is 2.35. The molecule has 1 amide bonds. The Labute approximate surface area is 192 Å². The molecule has 2 heterocycles. The van der Waals surface area contributed by atoms with Crippen molar-refractivity contribution < 1.29 is 13.2 Å². The number of anilines is 1. The third-order valence-corrected chi connectivity index (χ3v) is 8.85. The van der Waals surface area contributed by atoms with Gasteiger partial charge in [-0.15, -0.1) is 0 Å². The Kier molecular flexibility index (Phi) is 5.23. The molecule has 2 aromatic carbocycles. The third-order valence-electron chi connectivity index (χ3n) is 6.49. The zero-order valence-electron chi connectivity index (χ0n) is 17.7. The number of carbonyl (C=O) groups is 1. The van der Waals surface area contributed by atoms with E-state index in [2.05, 4.69) is 10.3 Å². The molecule has 166 valence electrons. The molecule has 0 unspecified atom stereocenters. The fourth-order valence-corrected chi connectivity index (χ4v) is 6.60. The number of amides is 1. The highest BCUT2D eigenvalue weighted by Crippen LogP contribution is 2.47. The molecule has 32 heavy (non-hydrogen) atoms. The highest BCUT2D eigenvalue weighted by atomic mass is 35.5. The number of carbonyl (C=O) groups excluding carboxylic acids is 1. The third kappa shape index (κ3) is 4.12. The van der Waals surface area contributed by atoms with Gasteiger partial charge in [0.25, 0.3) is 0 Å². The summed E-state index contributed by atoms with van der Waals surface area (Å²) in [5.74, 6) is -0.827. The average molecular weight is 470 g/mol. The van der Waals surface area contributed by atoms with Crippen LogP contribution in [0.1, 0.15) is 36.8 Å². The number of aromatic nitrogens is 1. The van der Waals surface area contributed by atoms with Crippen LogP contribution in [-0.4, -0.2) is 35.9 Å². The fraction of sp³-hybridized carbons (Fsp3) is 0.333. The standard InChI is InChI=1S/C24H24ClN3O3S/c1-24(8-9-24)15-32(30,31)28-13-17-6-7-18(25)10-20(17)21(14-28)23(29)27-22-12-26-11-16-4-2-3-5-19(16)22/h2-7,10-12,21H,8-9,13-15H2,1H3,(H,27,29)/t21-/m0/s1. The van der Waals surface area contributed by atoms with Crippen LogP contribution in [-0.2, 0) is 21.4 Å². The molecular weight excluding hydrogens is 446 g/mol. The number of sulfonamides is 1. The van der Waals surface area contributed by atoms with Gasteiger partial charge >= 0.3 is 0 Å². The van der Waals surface area contributed by atoms with Crippen LogP contribution < -0.4 is 5.32 Å². The Bertz CT molecular complexity index is 1320. The van der Waals surface area contributed by atoms with E-state index in [0.717, 1.165) is 34.7 Å². The fourth-order valence-electron chi connectivity index (χ4n) is 4.35. The van der Waals surface area contributed by atoms with Crippen LogP contribution in [0.2, 0.25) is 5.02 Å². The summed E-state index contributed by atoms with van der Waals surface area (Å²) in [6.07, 6.45) is 5.20. The van der Waals surface area contributed by atoms with Gasteiger partial charge in [0.2, 0.25) is 15.9 Å². The maximum atomic E-state index is 13.5. The molecule has 2 aliphatic rings. The van der Waals surface area contributed by atoms with Crippen molar-refractivity contribution in [2.24, 2.45) is 5.41 Å². The van der Waals surface area contributed by atoms with Gasteiger partial charge in [-0.1, -0.05) is 48.9 Å². The molecule has 1 aliphatic carbocycles. The number of hydrogen-bond acceptors (Lipinski definition) is 4. The van der Waals surface area contributed by atoms with Crippen LogP contribution in [0.5, 0.6) is 0 Å². The van der Waals surface area contributed by atoms with E-state index in [0.29, 0.717) is 10.7 Å². The van der Waals surface area contributed by atoms with Crippen LogP contribution in [0, 0.1) is 5.41 Å². The second kappa shape index (κ2) is 7.83. The molecule has 5 rings (SSSR count). The smallest absolute Gasteiger partial charge is 0.233 e. The topological polar surface area (TPSA) is 79.4 Å². The summed E-state index contributed by atoms with van der Waals surface area (Å²) in [7, 11) is -3.50. The van der Waals surface area contributed by atoms with Crippen molar-refractivity contribution in [3.63, 3.8) is 0 Å². The molecule has 1 aliphatic heterocycles. The maximum Gasteiger partial charge on any atom is 0.233 e. The second-order valence-corrected chi connectivity index (χ2v) is 11.6. The lowest BCUT2D eigenvalue weighted by molar-refractivity contribution is -0.118. The molecular formula is C24H24ClN3O3S. The average Bonchev–Trinajstić information content (AvgIpc) is 3.48. The summed E-state index contributed by atoms with van der Waals surface area (Å²) >= 11 is 6.23. The maximum absolute atomic E-state index is 13.5. The molecule has 0 bridgehead atoms. The number of benzene rings is 2. The minimum atomic E-state index is -3.50. The zero-order chi connectivity index (χ0) is 22.5. The highest BCUT2D eigenvalue weighted by Gasteiger charge is 2.45. The second-order valence-electron chi connectivity index (χ2n) is 9.15. The molecule has 6 nitrogen and oxygen atoms in total. The summed E-state index contributed by atoms with van der Waals surface area (Å²) in [6, 6.07) is 13.0. The SMILES string of the molecule is CC1(CS(=O)(=O)N2Cc3ccc(Cl)cc3[C@@H](C(=O)Nc3cncc4ccccc34)C2)CC1. The van der Waals surface area contributed by atoms with Gasteiger partial charge in [0.05, 0.1) is 23.6 Å². The number of fused-ring (bicyclic) bond motifs is 2. The van der Waals surface area contributed by atoms with E-state index in [1.807, 2.05) is 37.3 Å². The molecule has 1 N–H and O–H groups in total. The van der Waals surface area contributed by atoms with Crippen LogP contribution in [0.25, 0.3) is 10.8 Å². The van der Waals surface area contributed by atoms with Gasteiger partial charge < -0.3 is 5.32 Å². The Hall–Kier alpha value is -2.48. The van der Waals surface area contributed by atoms with E-state index in [9.17, 15) is 13.2 Å². The van der Waals surface area contributed by atoms with E-state index in [1.165, 1.54) is 4.31 Å². The lowest BCUT2D eigenvalue weighted by Crippen LogP contribution is -2.43. The van der Waals surface area contributed by atoms with Crippen molar-refractivity contribution in [1.29, 1.82) is 0 Å². The van der Waals surface area contributed by atoms with Gasteiger partial charge in [0, 0.05) is 35.1 Å². The van der Waals surface area contributed by atoms with Gasteiger partial charge in [0.15, 0.2) is 0 Å². The molecule has 1 aromatic heterocycles. The first-order valence-corrected chi connectivity index (χ1v) is 12.6. The first kappa shape index (κ1) is 21.4. The monoisotopic (exact) mass is 469 g/mol. The molecule has 3 aromatic rings. The van der Waals surface area contributed by atoms with Crippen molar-refractivity contribution in [3.8, 4) is 0 Å². The number of pyridine rings is 1. The lowest BCUT2D eigenvalue weighted by atomic mass is 9.90.